The van der Waals surface area contributed by atoms with Gasteiger partial charge >= 0.3 is 5.97 Å². The minimum Gasteiger partial charge on any atom is -0.493 e. The Morgan fingerprint density at radius 2 is 1.80 bits per heavy atom. The quantitative estimate of drug-likeness (QED) is 0.490. The molecule has 0 unspecified atom stereocenters. The van der Waals surface area contributed by atoms with Crippen LogP contribution in [0.3, 0.4) is 0 Å². The van der Waals surface area contributed by atoms with Gasteiger partial charge in [-0.05, 0) is 50.3 Å². The van der Waals surface area contributed by atoms with E-state index in [9.17, 15) is 9.59 Å². The Morgan fingerprint density at radius 3 is 2.47 bits per heavy atom. The smallest absolute Gasteiger partial charge is 0.305 e. The fourth-order valence-corrected chi connectivity index (χ4v) is 4.35. The highest BCUT2D eigenvalue weighted by atomic mass is 16.5. The average molecular weight is 419 g/mol. The lowest BCUT2D eigenvalue weighted by Gasteiger charge is -2.36. The standard InChI is InChI=1S/C23H34N2O5/c1-28-21-16-17(23(27)24-13-5-8-22(26)29-2)9-10-20(21)30-19-11-14-25(15-12-19)18-6-3-4-7-18/h9-10,16,18-19H,3-8,11-15H2,1-2H3,(H,24,27). The van der Waals surface area contributed by atoms with Gasteiger partial charge in [0.1, 0.15) is 6.10 Å². The van der Waals surface area contributed by atoms with Crippen LogP contribution >= 0.6 is 0 Å². The first-order chi connectivity index (χ1) is 14.6. The molecule has 1 aromatic rings. The number of benzene rings is 1. The van der Waals surface area contributed by atoms with Gasteiger partial charge in [-0.1, -0.05) is 12.8 Å². The fraction of sp³-hybridized carbons (Fsp3) is 0.652. The molecule has 1 N–H and O–H groups in total. The van der Waals surface area contributed by atoms with E-state index < -0.39 is 0 Å². The highest BCUT2D eigenvalue weighted by Gasteiger charge is 2.28. The summed E-state index contributed by atoms with van der Waals surface area (Å²) in [7, 11) is 2.94. The molecular formula is C23H34N2O5. The molecule has 0 spiro atoms. The van der Waals surface area contributed by atoms with Crippen molar-refractivity contribution in [3.05, 3.63) is 23.8 Å². The Morgan fingerprint density at radius 1 is 1.07 bits per heavy atom. The first kappa shape index (κ1) is 22.4. The normalized spacial score (nSPS) is 18.2. The van der Waals surface area contributed by atoms with Gasteiger partial charge in [-0.15, -0.1) is 0 Å². The molecule has 7 nitrogen and oxygen atoms in total. The van der Waals surface area contributed by atoms with Crippen molar-refractivity contribution in [3.8, 4) is 11.5 Å². The second kappa shape index (κ2) is 11.2. The molecule has 0 atom stereocenters. The Hall–Kier alpha value is -2.28. The molecule has 1 aromatic carbocycles. The van der Waals surface area contributed by atoms with Crippen molar-refractivity contribution in [2.45, 2.75) is 63.5 Å². The van der Waals surface area contributed by atoms with Crippen LogP contribution in [-0.2, 0) is 9.53 Å². The number of nitrogens with zero attached hydrogens (tertiary/aromatic N) is 1. The SMILES string of the molecule is COC(=O)CCCNC(=O)c1ccc(OC2CCN(C3CCCC3)CC2)c(OC)c1. The summed E-state index contributed by atoms with van der Waals surface area (Å²) in [4.78, 5) is 26.1. The predicted octanol–water partition coefficient (Wildman–Crippen LogP) is 3.16. The number of nitrogens with one attached hydrogen (secondary N) is 1. The number of hydrogen-bond donors (Lipinski definition) is 1. The first-order valence-electron chi connectivity index (χ1n) is 11.0. The van der Waals surface area contributed by atoms with Crippen molar-refractivity contribution < 1.29 is 23.8 Å². The predicted molar refractivity (Wildman–Crippen MR) is 114 cm³/mol. The number of carbonyl (C=O) groups is 2. The van der Waals surface area contributed by atoms with Gasteiger partial charge in [0.15, 0.2) is 11.5 Å². The van der Waals surface area contributed by atoms with Gasteiger partial charge in [0.05, 0.1) is 14.2 Å². The Labute approximate surface area is 179 Å². The van der Waals surface area contributed by atoms with E-state index in [4.69, 9.17) is 9.47 Å². The molecule has 1 aliphatic heterocycles. The third-order valence-corrected chi connectivity index (χ3v) is 6.11. The number of rotatable bonds is 9. The van der Waals surface area contributed by atoms with Crippen molar-refractivity contribution in [3.63, 3.8) is 0 Å². The summed E-state index contributed by atoms with van der Waals surface area (Å²) in [6.45, 7) is 2.58. The molecule has 1 aliphatic carbocycles. The zero-order valence-electron chi connectivity index (χ0n) is 18.2. The number of hydrogen-bond acceptors (Lipinski definition) is 6. The molecule has 3 rings (SSSR count). The van der Waals surface area contributed by atoms with Crippen molar-refractivity contribution in [2.24, 2.45) is 0 Å². The van der Waals surface area contributed by atoms with Gasteiger partial charge in [0.25, 0.3) is 5.91 Å². The number of ether oxygens (including phenoxy) is 3. The number of likely N-dealkylation sites (tertiary alicyclic amines) is 1. The van der Waals surface area contributed by atoms with E-state index in [-0.39, 0.29) is 24.4 Å². The lowest BCUT2D eigenvalue weighted by Crippen LogP contribution is -2.43. The second-order valence-corrected chi connectivity index (χ2v) is 8.09. The lowest BCUT2D eigenvalue weighted by molar-refractivity contribution is -0.140. The van der Waals surface area contributed by atoms with Crippen molar-refractivity contribution in [1.82, 2.24) is 10.2 Å². The van der Waals surface area contributed by atoms with Crippen LogP contribution in [0.1, 0.15) is 61.7 Å². The number of methoxy groups -OCH3 is 2. The van der Waals surface area contributed by atoms with Crippen molar-refractivity contribution in [1.29, 1.82) is 0 Å². The molecule has 30 heavy (non-hydrogen) atoms. The van der Waals surface area contributed by atoms with E-state index in [0.29, 0.717) is 30.0 Å². The third-order valence-electron chi connectivity index (χ3n) is 6.11. The second-order valence-electron chi connectivity index (χ2n) is 8.09. The molecule has 1 saturated carbocycles. The summed E-state index contributed by atoms with van der Waals surface area (Å²) in [5, 5.41) is 2.81. The van der Waals surface area contributed by atoms with E-state index in [1.165, 1.54) is 32.8 Å². The minimum atomic E-state index is -0.276. The highest BCUT2D eigenvalue weighted by Crippen LogP contribution is 2.32. The number of piperidine rings is 1. The highest BCUT2D eigenvalue weighted by molar-refractivity contribution is 5.94. The zero-order chi connectivity index (χ0) is 21.3. The number of carbonyl (C=O) groups excluding carboxylic acids is 2. The van der Waals surface area contributed by atoms with Crippen LogP contribution in [0.5, 0.6) is 11.5 Å². The molecule has 1 saturated heterocycles. The van der Waals surface area contributed by atoms with Crippen LogP contribution in [0, 0.1) is 0 Å². The van der Waals surface area contributed by atoms with Crippen LogP contribution in [0.4, 0.5) is 0 Å². The Balaban J connectivity index is 1.49. The maximum atomic E-state index is 12.4. The molecule has 0 radical (unpaired) electrons. The summed E-state index contributed by atoms with van der Waals surface area (Å²) < 4.78 is 16.3. The molecule has 1 heterocycles. The van der Waals surface area contributed by atoms with Crippen molar-refractivity contribution >= 4 is 11.9 Å². The first-order valence-corrected chi connectivity index (χ1v) is 11.0. The topological polar surface area (TPSA) is 77.1 Å². The molecular weight excluding hydrogens is 384 g/mol. The molecule has 7 heteroatoms. The van der Waals surface area contributed by atoms with E-state index in [1.54, 1.807) is 19.2 Å². The Bertz CT molecular complexity index is 710. The molecule has 166 valence electrons. The third kappa shape index (κ3) is 6.11. The summed E-state index contributed by atoms with van der Waals surface area (Å²) in [5.74, 6) is 0.769. The summed E-state index contributed by atoms with van der Waals surface area (Å²) >= 11 is 0. The van der Waals surface area contributed by atoms with Gasteiger partial charge in [-0.2, -0.15) is 0 Å². The zero-order valence-corrected chi connectivity index (χ0v) is 18.2. The van der Waals surface area contributed by atoms with E-state index in [1.807, 2.05) is 6.07 Å². The maximum absolute atomic E-state index is 12.4. The van der Waals surface area contributed by atoms with Crippen LogP contribution in [-0.4, -0.2) is 62.8 Å². The lowest BCUT2D eigenvalue weighted by atomic mass is 10.0. The average Bonchev–Trinajstić information content (AvgIpc) is 3.32. The maximum Gasteiger partial charge on any atom is 0.305 e. The molecule has 1 amide bonds. The van der Waals surface area contributed by atoms with Crippen LogP contribution in [0.15, 0.2) is 18.2 Å². The van der Waals surface area contributed by atoms with E-state index >= 15 is 0 Å². The molecule has 0 bridgehead atoms. The van der Waals surface area contributed by atoms with Crippen molar-refractivity contribution in [2.75, 3.05) is 33.9 Å². The molecule has 2 fully saturated rings. The fourth-order valence-electron chi connectivity index (χ4n) is 4.35. The van der Waals surface area contributed by atoms with Crippen LogP contribution < -0.4 is 14.8 Å². The van der Waals surface area contributed by atoms with Gasteiger partial charge in [0.2, 0.25) is 0 Å². The monoisotopic (exact) mass is 418 g/mol. The van der Waals surface area contributed by atoms with Crippen LogP contribution in [0.25, 0.3) is 0 Å². The van der Waals surface area contributed by atoms with Gasteiger partial charge in [-0.25, -0.2) is 0 Å². The Kier molecular flexibility index (Phi) is 8.37. The molecule has 2 aliphatic rings. The molecule has 0 aromatic heterocycles. The van der Waals surface area contributed by atoms with E-state index in [0.717, 1.165) is 32.0 Å². The van der Waals surface area contributed by atoms with Gasteiger partial charge in [-0.3, -0.25) is 9.59 Å². The van der Waals surface area contributed by atoms with Gasteiger partial charge in [0, 0.05) is 37.7 Å². The largest absolute Gasteiger partial charge is 0.493 e. The van der Waals surface area contributed by atoms with E-state index in [2.05, 4.69) is 15.0 Å². The summed E-state index contributed by atoms with van der Waals surface area (Å²) in [6.07, 6.45) is 8.44. The van der Waals surface area contributed by atoms with Crippen LogP contribution in [0.2, 0.25) is 0 Å². The van der Waals surface area contributed by atoms with Gasteiger partial charge < -0.3 is 24.4 Å². The number of esters is 1. The summed E-state index contributed by atoms with van der Waals surface area (Å²) in [6, 6.07) is 6.04. The summed E-state index contributed by atoms with van der Waals surface area (Å²) in [5.41, 5.74) is 0.508. The minimum absolute atomic E-state index is 0.176. The number of amides is 1.